The van der Waals surface area contributed by atoms with E-state index < -0.39 is 0 Å². The van der Waals surface area contributed by atoms with E-state index in [1.165, 1.54) is 6.07 Å². The van der Waals surface area contributed by atoms with Gasteiger partial charge in [0.25, 0.3) is 5.91 Å². The van der Waals surface area contributed by atoms with Crippen LogP contribution in [0, 0.1) is 5.92 Å². The first-order valence-corrected chi connectivity index (χ1v) is 9.99. The van der Waals surface area contributed by atoms with Crippen LogP contribution in [0.1, 0.15) is 55.9 Å². The van der Waals surface area contributed by atoms with E-state index in [9.17, 15) is 14.4 Å². The van der Waals surface area contributed by atoms with Gasteiger partial charge in [-0.25, -0.2) is 0 Å². The smallest absolute Gasteiger partial charge is 0.268 e. The monoisotopic (exact) mass is 375 g/mol. The lowest BCUT2D eigenvalue weighted by Gasteiger charge is -2.37. The molecule has 27 heavy (non-hydrogen) atoms. The van der Waals surface area contributed by atoms with Crippen molar-refractivity contribution in [3.8, 4) is 0 Å². The summed E-state index contributed by atoms with van der Waals surface area (Å²) in [5.41, 5.74) is -0.0617. The Bertz CT molecular complexity index is 711. The molecule has 0 spiro atoms. The van der Waals surface area contributed by atoms with Crippen molar-refractivity contribution >= 4 is 11.8 Å². The van der Waals surface area contributed by atoms with Crippen molar-refractivity contribution in [2.75, 3.05) is 19.7 Å². The third-order valence-electron chi connectivity index (χ3n) is 5.42. The molecule has 1 aromatic heterocycles. The molecule has 1 aliphatic heterocycles. The molecular weight excluding hydrogens is 346 g/mol. The quantitative estimate of drug-likeness (QED) is 0.792. The molecule has 0 aromatic carbocycles. The Morgan fingerprint density at radius 1 is 1.26 bits per heavy atom. The second-order valence-corrected chi connectivity index (χ2v) is 7.46. The van der Waals surface area contributed by atoms with Gasteiger partial charge in [0.15, 0.2) is 0 Å². The Morgan fingerprint density at radius 3 is 2.74 bits per heavy atom. The lowest BCUT2D eigenvalue weighted by Crippen LogP contribution is -2.50. The minimum Gasteiger partial charge on any atom is -0.376 e. The molecule has 2 heterocycles. The summed E-state index contributed by atoms with van der Waals surface area (Å²) in [6, 6.07) is 4.36. The molecule has 1 aromatic rings. The van der Waals surface area contributed by atoms with Crippen molar-refractivity contribution < 1.29 is 14.3 Å². The molecule has 1 saturated carbocycles. The summed E-state index contributed by atoms with van der Waals surface area (Å²) in [7, 11) is 0. The number of carbonyl (C=O) groups excluding carboxylic acids is 2. The van der Waals surface area contributed by atoms with Gasteiger partial charge in [0.1, 0.15) is 5.69 Å². The topological polar surface area (TPSA) is 91.5 Å². The van der Waals surface area contributed by atoms with E-state index in [1.807, 2.05) is 11.8 Å². The zero-order valence-electron chi connectivity index (χ0n) is 15.9. The molecule has 148 valence electrons. The summed E-state index contributed by atoms with van der Waals surface area (Å²) in [5.74, 6) is -0.114. The first kappa shape index (κ1) is 19.6. The molecule has 0 radical (unpaired) electrons. The number of carbonyl (C=O) groups is 2. The number of aromatic nitrogens is 1. The number of H-pyrrole nitrogens is 1. The summed E-state index contributed by atoms with van der Waals surface area (Å²) in [6.45, 7) is 4.36. The number of pyridine rings is 1. The van der Waals surface area contributed by atoms with Gasteiger partial charge in [-0.15, -0.1) is 0 Å². The van der Waals surface area contributed by atoms with Gasteiger partial charge < -0.3 is 19.9 Å². The van der Waals surface area contributed by atoms with Crippen molar-refractivity contribution in [1.29, 1.82) is 0 Å². The van der Waals surface area contributed by atoms with Gasteiger partial charge in [0.2, 0.25) is 11.5 Å². The highest BCUT2D eigenvalue weighted by atomic mass is 16.5. The Morgan fingerprint density at radius 2 is 2.04 bits per heavy atom. The molecule has 2 N–H and O–H groups in total. The highest BCUT2D eigenvalue weighted by Crippen LogP contribution is 2.29. The average molecular weight is 375 g/mol. The molecule has 2 amide bonds. The number of ether oxygens (including phenoxy) is 1. The van der Waals surface area contributed by atoms with E-state index in [4.69, 9.17) is 4.74 Å². The predicted octanol–water partition coefficient (Wildman–Crippen LogP) is 1.69. The molecule has 2 fully saturated rings. The fourth-order valence-corrected chi connectivity index (χ4v) is 3.99. The largest absolute Gasteiger partial charge is 0.376 e. The second-order valence-electron chi connectivity index (χ2n) is 7.46. The number of rotatable bonds is 6. The molecule has 0 bridgehead atoms. The van der Waals surface area contributed by atoms with Crippen molar-refractivity contribution in [3.63, 3.8) is 0 Å². The summed E-state index contributed by atoms with van der Waals surface area (Å²) < 4.78 is 5.99. The van der Waals surface area contributed by atoms with Crippen molar-refractivity contribution in [2.45, 2.75) is 57.6 Å². The number of hydrogen-bond donors (Lipinski definition) is 2. The zero-order valence-corrected chi connectivity index (χ0v) is 15.9. The van der Waals surface area contributed by atoms with Crippen molar-refractivity contribution in [2.24, 2.45) is 5.92 Å². The van der Waals surface area contributed by atoms with E-state index >= 15 is 0 Å². The lowest BCUT2D eigenvalue weighted by molar-refractivity contribution is -0.138. The average Bonchev–Trinajstić information content (AvgIpc) is 3.21. The SMILES string of the molecule is CCCO[C@@H]1C[C@@H](C(=O)N2CCCC2)CC[C@H]1NC(=O)c1cccc(=O)[nH]1. The van der Waals surface area contributed by atoms with Gasteiger partial charge in [-0.2, -0.15) is 0 Å². The normalized spacial score (nSPS) is 25.4. The summed E-state index contributed by atoms with van der Waals surface area (Å²) in [4.78, 5) is 41.2. The van der Waals surface area contributed by atoms with Gasteiger partial charge in [0, 0.05) is 31.7 Å². The third kappa shape index (κ3) is 4.97. The number of likely N-dealkylation sites (tertiary alicyclic amines) is 1. The first-order chi connectivity index (χ1) is 13.1. The molecule has 2 aliphatic rings. The van der Waals surface area contributed by atoms with Crippen LogP contribution < -0.4 is 10.9 Å². The number of hydrogen-bond acceptors (Lipinski definition) is 4. The minimum absolute atomic E-state index is 0.0327. The van der Waals surface area contributed by atoms with Crippen LogP contribution in [0.25, 0.3) is 0 Å². The van der Waals surface area contributed by atoms with E-state index in [1.54, 1.807) is 12.1 Å². The Kier molecular flexibility index (Phi) is 6.66. The van der Waals surface area contributed by atoms with Gasteiger partial charge >= 0.3 is 0 Å². The molecule has 1 aliphatic carbocycles. The number of aromatic amines is 1. The predicted molar refractivity (Wildman–Crippen MR) is 102 cm³/mol. The van der Waals surface area contributed by atoms with Crippen LogP contribution in [-0.2, 0) is 9.53 Å². The van der Waals surface area contributed by atoms with Gasteiger partial charge in [-0.05, 0) is 44.6 Å². The van der Waals surface area contributed by atoms with E-state index in [0.29, 0.717) is 19.4 Å². The van der Waals surface area contributed by atoms with Crippen LogP contribution in [0.2, 0.25) is 0 Å². The second kappa shape index (κ2) is 9.17. The maximum absolute atomic E-state index is 12.8. The van der Waals surface area contributed by atoms with E-state index in [-0.39, 0.29) is 41.1 Å². The highest BCUT2D eigenvalue weighted by molar-refractivity contribution is 5.92. The van der Waals surface area contributed by atoms with Crippen molar-refractivity contribution in [3.05, 3.63) is 34.2 Å². The Balaban J connectivity index is 1.64. The Hall–Kier alpha value is -2.15. The van der Waals surface area contributed by atoms with Crippen LogP contribution in [0.5, 0.6) is 0 Å². The van der Waals surface area contributed by atoms with Gasteiger partial charge in [-0.3, -0.25) is 14.4 Å². The van der Waals surface area contributed by atoms with Crippen LogP contribution in [-0.4, -0.2) is 53.5 Å². The summed E-state index contributed by atoms with van der Waals surface area (Å²) in [5, 5.41) is 2.99. The fourth-order valence-electron chi connectivity index (χ4n) is 3.99. The van der Waals surface area contributed by atoms with Crippen LogP contribution >= 0.6 is 0 Å². The maximum Gasteiger partial charge on any atom is 0.268 e. The van der Waals surface area contributed by atoms with Crippen LogP contribution in [0.15, 0.2) is 23.0 Å². The molecular formula is C20H29N3O4. The van der Waals surface area contributed by atoms with Crippen molar-refractivity contribution in [1.82, 2.24) is 15.2 Å². The molecule has 7 nitrogen and oxygen atoms in total. The number of nitrogens with one attached hydrogen (secondary N) is 2. The van der Waals surface area contributed by atoms with Crippen LogP contribution in [0.3, 0.4) is 0 Å². The van der Waals surface area contributed by atoms with Gasteiger partial charge in [-0.1, -0.05) is 13.0 Å². The maximum atomic E-state index is 12.8. The van der Waals surface area contributed by atoms with E-state index in [2.05, 4.69) is 10.3 Å². The number of nitrogens with zero attached hydrogens (tertiary/aromatic N) is 1. The number of amides is 2. The third-order valence-corrected chi connectivity index (χ3v) is 5.42. The lowest BCUT2D eigenvalue weighted by atomic mass is 9.82. The van der Waals surface area contributed by atoms with E-state index in [0.717, 1.165) is 38.8 Å². The highest BCUT2D eigenvalue weighted by Gasteiger charge is 2.37. The molecule has 0 unspecified atom stereocenters. The Labute approximate surface area is 159 Å². The molecule has 1 saturated heterocycles. The molecule has 3 rings (SSSR count). The van der Waals surface area contributed by atoms with Crippen LogP contribution in [0.4, 0.5) is 0 Å². The minimum atomic E-state index is -0.313. The van der Waals surface area contributed by atoms with Gasteiger partial charge in [0.05, 0.1) is 12.1 Å². The molecule has 3 atom stereocenters. The zero-order chi connectivity index (χ0) is 19.2. The summed E-state index contributed by atoms with van der Waals surface area (Å²) in [6.07, 6.45) is 4.94. The first-order valence-electron chi connectivity index (χ1n) is 9.99. The fraction of sp³-hybridized carbons (Fsp3) is 0.650. The standard InChI is InChI=1S/C20H29N3O4/c1-2-12-27-17-13-14(20(26)23-10-3-4-11-23)8-9-15(17)22-19(25)16-6-5-7-18(24)21-16/h5-7,14-15,17H,2-4,8-13H2,1H3,(H,21,24)(H,22,25)/t14-,15+,17+/m0/s1. The summed E-state index contributed by atoms with van der Waals surface area (Å²) >= 11 is 0. The molecule has 7 heteroatoms.